The van der Waals surface area contributed by atoms with Gasteiger partial charge >= 0.3 is 11.9 Å². The maximum atomic E-state index is 14.7. The van der Waals surface area contributed by atoms with E-state index >= 15 is 0 Å². The first-order valence-electron chi connectivity index (χ1n) is 10.7. The van der Waals surface area contributed by atoms with Gasteiger partial charge in [-0.3, -0.25) is 14.7 Å². The number of pyridine rings is 1. The van der Waals surface area contributed by atoms with Gasteiger partial charge in [0, 0.05) is 35.4 Å². The van der Waals surface area contributed by atoms with Crippen LogP contribution >= 0.6 is 11.6 Å². The van der Waals surface area contributed by atoms with E-state index in [1.54, 1.807) is 4.90 Å². The molecule has 0 radical (unpaired) electrons. The zero-order valence-corrected chi connectivity index (χ0v) is 19.6. The summed E-state index contributed by atoms with van der Waals surface area (Å²) < 4.78 is 52.2. The molecule has 2 atom stereocenters. The highest BCUT2D eigenvalue weighted by Gasteiger charge is 2.37. The molecule has 9 nitrogen and oxygen atoms in total. The number of benzene rings is 1. The molecule has 0 bridgehead atoms. The topological polar surface area (TPSA) is 113 Å². The van der Waals surface area contributed by atoms with Crippen LogP contribution in [0.3, 0.4) is 0 Å². The molecule has 1 aromatic heterocycles. The molecule has 1 saturated heterocycles. The Morgan fingerprint density at radius 1 is 1.28 bits per heavy atom. The van der Waals surface area contributed by atoms with E-state index in [1.165, 1.54) is 6.07 Å². The van der Waals surface area contributed by atoms with Crippen LogP contribution < -0.4 is 5.32 Å². The minimum atomic E-state index is -1.20. The Labute approximate surface area is 208 Å². The van der Waals surface area contributed by atoms with Crippen LogP contribution in [0.1, 0.15) is 17.3 Å². The van der Waals surface area contributed by atoms with Crippen molar-refractivity contribution in [2.75, 3.05) is 33.4 Å². The number of aliphatic carboxylic acids is 1. The van der Waals surface area contributed by atoms with E-state index in [-0.39, 0.29) is 59.7 Å². The van der Waals surface area contributed by atoms with Crippen molar-refractivity contribution in [3.8, 4) is 0 Å². The zero-order valence-electron chi connectivity index (χ0n) is 18.8. The number of ether oxygens (including phenoxy) is 2. The lowest BCUT2D eigenvalue weighted by atomic mass is 9.94. The predicted octanol–water partition coefficient (Wildman–Crippen LogP) is 2.46. The lowest BCUT2D eigenvalue weighted by Crippen LogP contribution is -2.52. The van der Waals surface area contributed by atoms with Gasteiger partial charge in [0.05, 0.1) is 32.1 Å². The number of halogens is 4. The van der Waals surface area contributed by atoms with Crippen molar-refractivity contribution in [2.45, 2.75) is 12.1 Å². The third-order valence-electron chi connectivity index (χ3n) is 5.71. The van der Waals surface area contributed by atoms with Crippen LogP contribution in [0.25, 0.3) is 0 Å². The van der Waals surface area contributed by atoms with Crippen LogP contribution in [-0.2, 0) is 19.1 Å². The number of morpholine rings is 1. The molecular formula is C23H20ClF3N4O5. The molecule has 0 amide bonds. The Morgan fingerprint density at radius 2 is 2.06 bits per heavy atom. The minimum Gasteiger partial charge on any atom is -0.480 e. The minimum absolute atomic E-state index is 0.0482. The number of esters is 1. The fourth-order valence-corrected chi connectivity index (χ4v) is 4.26. The molecule has 190 valence electrons. The summed E-state index contributed by atoms with van der Waals surface area (Å²) in [5.41, 5.74) is -0.0594. The number of aliphatic imine (C=N–C) groups is 1. The number of nitrogens with one attached hydrogen (secondary N) is 1. The molecule has 4 rings (SSSR count). The molecule has 3 heterocycles. The third kappa shape index (κ3) is 5.20. The van der Waals surface area contributed by atoms with Gasteiger partial charge in [-0.2, -0.15) is 0 Å². The van der Waals surface area contributed by atoms with Crippen molar-refractivity contribution < 1.29 is 37.3 Å². The normalized spacial score (nSPS) is 20.5. The molecule has 2 aromatic rings. The number of rotatable bonds is 6. The van der Waals surface area contributed by atoms with Crippen molar-refractivity contribution in [3.63, 3.8) is 0 Å². The Bertz CT molecular complexity index is 1270. The van der Waals surface area contributed by atoms with Crippen LogP contribution in [0.15, 0.2) is 46.7 Å². The number of hydrogen-bond donors (Lipinski definition) is 2. The average Bonchev–Trinajstić information content (AvgIpc) is 2.83. The Morgan fingerprint density at radius 3 is 2.72 bits per heavy atom. The van der Waals surface area contributed by atoms with Crippen molar-refractivity contribution in [3.05, 3.63) is 75.5 Å². The number of amidine groups is 1. The van der Waals surface area contributed by atoms with Gasteiger partial charge in [-0.25, -0.2) is 22.9 Å². The maximum absolute atomic E-state index is 14.7. The number of carbonyl (C=O) groups excluding carboxylic acids is 1. The standard InChI is InChI=1S/C23H20ClF3N4O5/c1-35-23(34)18-16(9-31-4-5-36-10-17(31)22(32)33)29-21(20-15(27)7-12(26)8-28-20)30-19(18)13-3-2-11(25)6-14(13)24/h2-3,6-8,17,19H,4-5,9-10H2,1H3,(H,29,30)(H,32,33). The summed E-state index contributed by atoms with van der Waals surface area (Å²) in [6.45, 7) is 0.252. The van der Waals surface area contributed by atoms with Gasteiger partial charge in [0.2, 0.25) is 0 Å². The van der Waals surface area contributed by atoms with E-state index in [9.17, 15) is 27.9 Å². The lowest BCUT2D eigenvalue weighted by molar-refractivity contribution is -0.149. The monoisotopic (exact) mass is 524 g/mol. The zero-order chi connectivity index (χ0) is 26.0. The molecule has 0 saturated carbocycles. The number of carboxylic acids is 1. The first kappa shape index (κ1) is 25.6. The van der Waals surface area contributed by atoms with Gasteiger partial charge in [-0.1, -0.05) is 17.7 Å². The van der Waals surface area contributed by atoms with Gasteiger partial charge < -0.3 is 19.9 Å². The van der Waals surface area contributed by atoms with E-state index in [1.807, 2.05) is 0 Å². The second-order valence-corrected chi connectivity index (χ2v) is 8.35. The summed E-state index contributed by atoms with van der Waals surface area (Å²) in [6, 6.07) is 1.86. The smallest absolute Gasteiger partial charge is 0.338 e. The van der Waals surface area contributed by atoms with E-state index in [2.05, 4.69) is 15.3 Å². The summed E-state index contributed by atoms with van der Waals surface area (Å²) in [6.07, 6.45) is 0.796. The molecule has 2 aliphatic rings. The molecular weight excluding hydrogens is 505 g/mol. The number of hydrogen-bond acceptors (Lipinski definition) is 8. The van der Waals surface area contributed by atoms with E-state index in [0.717, 1.165) is 25.4 Å². The van der Waals surface area contributed by atoms with Crippen LogP contribution in [-0.4, -0.2) is 72.2 Å². The molecule has 1 fully saturated rings. The highest BCUT2D eigenvalue weighted by atomic mass is 35.5. The quantitative estimate of drug-likeness (QED) is 0.554. The Hall–Kier alpha value is -3.48. The van der Waals surface area contributed by atoms with Crippen molar-refractivity contribution in [1.82, 2.24) is 15.2 Å². The Balaban J connectivity index is 1.87. The van der Waals surface area contributed by atoms with Crippen LogP contribution in [0.5, 0.6) is 0 Å². The number of methoxy groups -OCH3 is 1. The molecule has 2 aliphatic heterocycles. The maximum Gasteiger partial charge on any atom is 0.338 e. The summed E-state index contributed by atoms with van der Waals surface area (Å²) in [7, 11) is 1.14. The molecule has 2 N–H and O–H groups in total. The van der Waals surface area contributed by atoms with Gasteiger partial charge in [0.25, 0.3) is 0 Å². The Kier molecular flexibility index (Phi) is 7.57. The van der Waals surface area contributed by atoms with Gasteiger partial charge in [-0.15, -0.1) is 0 Å². The van der Waals surface area contributed by atoms with Crippen LogP contribution in [0.2, 0.25) is 5.02 Å². The summed E-state index contributed by atoms with van der Waals surface area (Å²) in [5, 5.41) is 12.4. The first-order chi connectivity index (χ1) is 17.2. The summed E-state index contributed by atoms with van der Waals surface area (Å²) >= 11 is 6.28. The predicted molar refractivity (Wildman–Crippen MR) is 121 cm³/mol. The number of aromatic nitrogens is 1. The summed E-state index contributed by atoms with van der Waals surface area (Å²) in [5.74, 6) is -4.69. The van der Waals surface area contributed by atoms with Gasteiger partial charge in [-0.05, 0) is 12.1 Å². The van der Waals surface area contributed by atoms with E-state index in [0.29, 0.717) is 6.07 Å². The molecule has 0 spiro atoms. The molecule has 36 heavy (non-hydrogen) atoms. The van der Waals surface area contributed by atoms with E-state index in [4.69, 9.17) is 21.1 Å². The molecule has 13 heteroatoms. The van der Waals surface area contributed by atoms with Gasteiger partial charge in [0.1, 0.15) is 29.4 Å². The second-order valence-electron chi connectivity index (χ2n) is 7.94. The van der Waals surface area contributed by atoms with Crippen molar-refractivity contribution in [2.24, 2.45) is 4.99 Å². The van der Waals surface area contributed by atoms with E-state index < -0.39 is 41.5 Å². The number of carboxylic acid groups (broad SMARTS) is 1. The molecule has 1 aromatic carbocycles. The van der Waals surface area contributed by atoms with Crippen LogP contribution in [0.4, 0.5) is 13.2 Å². The third-order valence-corrected chi connectivity index (χ3v) is 6.03. The SMILES string of the molecule is COC(=O)C1=C(CN2CCOCC2C(=O)O)NC(c2ncc(F)cc2F)=NC1c1ccc(F)cc1Cl. The van der Waals surface area contributed by atoms with Gasteiger partial charge in [0.15, 0.2) is 11.7 Å². The fourth-order valence-electron chi connectivity index (χ4n) is 3.99. The summed E-state index contributed by atoms with van der Waals surface area (Å²) in [4.78, 5) is 34.5. The number of nitrogens with zero attached hydrogens (tertiary/aromatic N) is 3. The average molecular weight is 525 g/mol. The lowest BCUT2D eigenvalue weighted by Gasteiger charge is -2.35. The largest absolute Gasteiger partial charge is 0.480 e. The van der Waals surface area contributed by atoms with Crippen LogP contribution in [0, 0.1) is 17.5 Å². The molecule has 2 unspecified atom stereocenters. The second kappa shape index (κ2) is 10.6. The fraction of sp³-hybridized carbons (Fsp3) is 0.304. The highest BCUT2D eigenvalue weighted by Crippen LogP contribution is 2.37. The molecule has 0 aliphatic carbocycles. The first-order valence-corrected chi connectivity index (χ1v) is 11.0. The highest BCUT2D eigenvalue weighted by molar-refractivity contribution is 6.31. The van der Waals surface area contributed by atoms with Crippen molar-refractivity contribution >= 4 is 29.4 Å². The number of carbonyl (C=O) groups is 2. The van der Waals surface area contributed by atoms with Crippen molar-refractivity contribution in [1.29, 1.82) is 0 Å².